The first-order valence-corrected chi connectivity index (χ1v) is 7.61. The molecule has 0 saturated heterocycles. The van der Waals surface area contributed by atoms with Crippen LogP contribution in [0.1, 0.15) is 13.3 Å². The first-order valence-electron chi connectivity index (χ1n) is 6.73. The second kappa shape index (κ2) is 7.56. The molecule has 0 bridgehead atoms. The van der Waals surface area contributed by atoms with Crippen LogP contribution in [0.4, 0.5) is 11.4 Å². The van der Waals surface area contributed by atoms with E-state index in [1.807, 2.05) is 25.1 Å². The molecule has 1 N–H and O–H groups in total. The van der Waals surface area contributed by atoms with Crippen LogP contribution in [-0.2, 0) is 4.79 Å². The summed E-state index contributed by atoms with van der Waals surface area (Å²) in [7, 11) is 0. The van der Waals surface area contributed by atoms with Gasteiger partial charge in [0.25, 0.3) is 5.69 Å². The number of hydrogen-bond donors (Lipinski definition) is 1. The number of nitro benzene ring substituents is 1. The Bertz CT molecular complexity index is 664. The highest BCUT2D eigenvalue weighted by Crippen LogP contribution is 2.25. The fourth-order valence-electron chi connectivity index (χ4n) is 1.80. The Hall–Kier alpha value is -2.41. The van der Waals surface area contributed by atoms with Crippen molar-refractivity contribution in [1.29, 1.82) is 0 Å². The van der Waals surface area contributed by atoms with E-state index in [2.05, 4.69) is 10.3 Å². The predicted molar refractivity (Wildman–Crippen MR) is 85.9 cm³/mol. The lowest BCUT2D eigenvalue weighted by Crippen LogP contribution is -2.24. The van der Waals surface area contributed by atoms with Gasteiger partial charge in [-0.1, -0.05) is 30.8 Å². The van der Waals surface area contributed by atoms with Gasteiger partial charge in [0.1, 0.15) is 0 Å². The lowest BCUT2D eigenvalue weighted by molar-refractivity contribution is -0.384. The summed E-state index contributed by atoms with van der Waals surface area (Å²) >= 11 is 1.37. The van der Waals surface area contributed by atoms with Gasteiger partial charge >= 0.3 is 0 Å². The molecule has 0 aliphatic rings. The summed E-state index contributed by atoms with van der Waals surface area (Å²) in [5.74, 6) is -0.196. The van der Waals surface area contributed by atoms with Gasteiger partial charge in [-0.2, -0.15) is 0 Å². The van der Waals surface area contributed by atoms with Crippen molar-refractivity contribution in [1.82, 2.24) is 4.98 Å². The van der Waals surface area contributed by atoms with Crippen molar-refractivity contribution >= 4 is 29.0 Å². The van der Waals surface area contributed by atoms with Crippen LogP contribution in [-0.4, -0.2) is 21.1 Å². The van der Waals surface area contributed by atoms with E-state index in [9.17, 15) is 14.9 Å². The van der Waals surface area contributed by atoms with E-state index >= 15 is 0 Å². The summed E-state index contributed by atoms with van der Waals surface area (Å²) < 4.78 is 0. The predicted octanol–water partition coefficient (Wildman–Crippen LogP) is 3.50. The standard InChI is InChI=1S/C15H15N3O3S/c1-2-13(22-14-8-3-4-9-16-14)15(19)17-11-6-5-7-12(10-11)18(20)21/h3-10,13H,2H2,1H3,(H,17,19)/t13-/m1/s1. The van der Waals surface area contributed by atoms with Gasteiger partial charge in [-0.3, -0.25) is 14.9 Å². The first kappa shape index (κ1) is 16.0. The number of nitrogens with zero attached hydrogens (tertiary/aromatic N) is 2. The van der Waals surface area contributed by atoms with E-state index in [1.165, 1.54) is 23.9 Å². The van der Waals surface area contributed by atoms with Crippen molar-refractivity contribution in [3.05, 3.63) is 58.8 Å². The molecule has 1 aromatic heterocycles. The number of hydrogen-bond acceptors (Lipinski definition) is 5. The van der Waals surface area contributed by atoms with Gasteiger partial charge in [0, 0.05) is 24.0 Å². The minimum absolute atomic E-state index is 0.0526. The maximum atomic E-state index is 12.3. The molecule has 114 valence electrons. The number of rotatable bonds is 6. The zero-order valence-electron chi connectivity index (χ0n) is 11.9. The molecule has 1 heterocycles. The van der Waals surface area contributed by atoms with Crippen LogP contribution in [0.5, 0.6) is 0 Å². The van der Waals surface area contributed by atoms with Gasteiger partial charge < -0.3 is 5.32 Å². The fraction of sp³-hybridized carbons (Fsp3) is 0.200. The molecule has 2 aromatic rings. The number of non-ortho nitro benzene ring substituents is 1. The van der Waals surface area contributed by atoms with Crippen LogP contribution in [0.2, 0.25) is 0 Å². The molecule has 0 fully saturated rings. The van der Waals surface area contributed by atoms with Crippen LogP contribution in [0.3, 0.4) is 0 Å². The SMILES string of the molecule is CC[C@@H](Sc1ccccn1)C(=O)Nc1cccc([N+](=O)[O-])c1. The smallest absolute Gasteiger partial charge is 0.271 e. The molecule has 0 spiro atoms. The van der Waals surface area contributed by atoms with Crippen molar-refractivity contribution in [2.75, 3.05) is 5.32 Å². The molecule has 7 heteroatoms. The highest BCUT2D eigenvalue weighted by Gasteiger charge is 2.19. The maximum Gasteiger partial charge on any atom is 0.271 e. The number of pyridine rings is 1. The molecule has 1 aromatic carbocycles. The second-order valence-electron chi connectivity index (χ2n) is 4.48. The highest BCUT2D eigenvalue weighted by atomic mass is 32.2. The number of nitro groups is 1. The van der Waals surface area contributed by atoms with Gasteiger partial charge in [0.05, 0.1) is 15.2 Å². The van der Waals surface area contributed by atoms with Gasteiger partial charge in [-0.15, -0.1) is 0 Å². The summed E-state index contributed by atoms with van der Waals surface area (Å²) in [4.78, 5) is 26.7. The molecule has 0 unspecified atom stereocenters. The zero-order chi connectivity index (χ0) is 15.9. The fourth-order valence-corrected chi connectivity index (χ4v) is 2.71. The average Bonchev–Trinajstić information content (AvgIpc) is 2.53. The van der Waals surface area contributed by atoms with Crippen LogP contribution < -0.4 is 5.32 Å². The van der Waals surface area contributed by atoms with Gasteiger partial charge in [0.2, 0.25) is 5.91 Å². The molecule has 0 radical (unpaired) electrons. The number of carbonyl (C=O) groups excluding carboxylic acids is 1. The minimum atomic E-state index is -0.490. The van der Waals surface area contributed by atoms with Gasteiger partial charge in [-0.25, -0.2) is 4.98 Å². The van der Waals surface area contributed by atoms with E-state index in [-0.39, 0.29) is 16.8 Å². The third kappa shape index (κ3) is 4.29. The highest BCUT2D eigenvalue weighted by molar-refractivity contribution is 8.00. The van der Waals surface area contributed by atoms with Gasteiger partial charge in [-0.05, 0) is 24.6 Å². The van der Waals surface area contributed by atoms with Crippen molar-refractivity contribution < 1.29 is 9.72 Å². The summed E-state index contributed by atoms with van der Waals surface area (Å²) in [6.07, 6.45) is 2.30. The largest absolute Gasteiger partial charge is 0.325 e. The minimum Gasteiger partial charge on any atom is -0.325 e. The third-order valence-corrected chi connectivity index (χ3v) is 4.20. The Morgan fingerprint density at radius 2 is 2.18 bits per heavy atom. The molecule has 22 heavy (non-hydrogen) atoms. The summed E-state index contributed by atoms with van der Waals surface area (Å²) in [6.45, 7) is 1.91. The van der Waals surface area contributed by atoms with E-state index in [1.54, 1.807) is 18.3 Å². The molecule has 1 amide bonds. The number of aromatic nitrogens is 1. The second-order valence-corrected chi connectivity index (χ2v) is 5.70. The molecule has 0 saturated carbocycles. The summed E-state index contributed by atoms with van der Waals surface area (Å²) in [5.41, 5.74) is 0.363. The normalized spacial score (nSPS) is 11.7. The topological polar surface area (TPSA) is 85.1 Å². The number of amides is 1. The Morgan fingerprint density at radius 1 is 1.36 bits per heavy atom. The monoisotopic (exact) mass is 317 g/mol. The number of thioether (sulfide) groups is 1. The van der Waals surface area contributed by atoms with Crippen molar-refractivity contribution in [3.63, 3.8) is 0 Å². The first-order chi connectivity index (χ1) is 10.6. The maximum absolute atomic E-state index is 12.3. The Kier molecular flexibility index (Phi) is 5.48. The molecule has 0 aliphatic heterocycles. The number of carbonyl (C=O) groups is 1. The molecular weight excluding hydrogens is 302 g/mol. The molecule has 2 rings (SSSR count). The Morgan fingerprint density at radius 3 is 2.82 bits per heavy atom. The number of benzene rings is 1. The lowest BCUT2D eigenvalue weighted by Gasteiger charge is -2.14. The zero-order valence-corrected chi connectivity index (χ0v) is 12.7. The molecule has 6 nitrogen and oxygen atoms in total. The quantitative estimate of drug-likeness (QED) is 0.500. The van der Waals surface area contributed by atoms with Crippen molar-refractivity contribution in [3.8, 4) is 0 Å². The van der Waals surface area contributed by atoms with Crippen LogP contribution in [0.25, 0.3) is 0 Å². The van der Waals surface area contributed by atoms with Crippen molar-refractivity contribution in [2.45, 2.75) is 23.6 Å². The summed E-state index contributed by atoms with van der Waals surface area (Å²) in [5, 5.41) is 13.9. The van der Waals surface area contributed by atoms with E-state index in [4.69, 9.17) is 0 Å². The molecule has 0 aliphatic carbocycles. The van der Waals surface area contributed by atoms with E-state index in [0.717, 1.165) is 5.03 Å². The Balaban J connectivity index is 2.06. The summed E-state index contributed by atoms with van der Waals surface area (Å²) in [6, 6.07) is 11.4. The van der Waals surface area contributed by atoms with Crippen LogP contribution in [0, 0.1) is 10.1 Å². The van der Waals surface area contributed by atoms with Crippen LogP contribution >= 0.6 is 11.8 Å². The average molecular weight is 317 g/mol. The van der Waals surface area contributed by atoms with Crippen LogP contribution in [0.15, 0.2) is 53.7 Å². The lowest BCUT2D eigenvalue weighted by atomic mass is 10.2. The van der Waals surface area contributed by atoms with Crippen molar-refractivity contribution in [2.24, 2.45) is 0 Å². The van der Waals surface area contributed by atoms with E-state index < -0.39 is 4.92 Å². The molecular formula is C15H15N3O3S. The van der Waals surface area contributed by atoms with Gasteiger partial charge in [0.15, 0.2) is 0 Å². The Labute approximate surface area is 132 Å². The third-order valence-electron chi connectivity index (χ3n) is 2.89. The molecule has 1 atom stereocenters. The number of anilines is 1. The van der Waals surface area contributed by atoms with E-state index in [0.29, 0.717) is 12.1 Å². The number of nitrogens with one attached hydrogen (secondary N) is 1.